The van der Waals surface area contributed by atoms with E-state index in [2.05, 4.69) is 9.88 Å². The summed E-state index contributed by atoms with van der Waals surface area (Å²) >= 11 is 0. The molecule has 0 saturated carbocycles. The third kappa shape index (κ3) is 4.04. The van der Waals surface area contributed by atoms with E-state index in [0.29, 0.717) is 26.2 Å². The Morgan fingerprint density at radius 3 is 2.33 bits per heavy atom. The molecule has 1 aromatic carbocycles. The second kappa shape index (κ2) is 8.62. The van der Waals surface area contributed by atoms with Crippen LogP contribution in [-0.2, 0) is 4.79 Å². The summed E-state index contributed by atoms with van der Waals surface area (Å²) in [6.45, 7) is 3.10. The highest BCUT2D eigenvalue weighted by Crippen LogP contribution is 2.24. The first-order valence-electron chi connectivity index (χ1n) is 10.2. The predicted octanol–water partition coefficient (Wildman–Crippen LogP) is 1.13. The molecule has 1 unspecified atom stereocenters. The number of carbonyl (C=O) groups excluding carboxylic acids is 3. The molecule has 2 N–H and O–H groups in total. The molecular weight excluding hydrogens is 382 g/mol. The third-order valence-corrected chi connectivity index (χ3v) is 5.79. The van der Waals surface area contributed by atoms with E-state index in [4.69, 9.17) is 5.73 Å². The molecule has 2 aliphatic rings. The normalized spacial score (nSPS) is 20.3. The van der Waals surface area contributed by atoms with Gasteiger partial charge in [-0.15, -0.1) is 0 Å². The van der Waals surface area contributed by atoms with Crippen molar-refractivity contribution in [1.29, 1.82) is 0 Å². The number of amides is 3. The number of anilines is 1. The van der Waals surface area contributed by atoms with Crippen LogP contribution in [0.4, 0.5) is 5.69 Å². The summed E-state index contributed by atoms with van der Waals surface area (Å²) in [6, 6.07) is 12.7. The van der Waals surface area contributed by atoms with Gasteiger partial charge >= 0.3 is 0 Å². The summed E-state index contributed by atoms with van der Waals surface area (Å²) in [7, 11) is 0. The molecule has 3 heterocycles. The van der Waals surface area contributed by atoms with Gasteiger partial charge in [0.25, 0.3) is 5.91 Å². The van der Waals surface area contributed by atoms with Gasteiger partial charge in [0.2, 0.25) is 11.8 Å². The molecule has 8 nitrogen and oxygen atoms in total. The number of aromatic nitrogens is 1. The van der Waals surface area contributed by atoms with Crippen molar-refractivity contribution >= 4 is 23.4 Å². The quantitative estimate of drug-likeness (QED) is 0.819. The third-order valence-electron chi connectivity index (χ3n) is 5.79. The number of rotatable bonds is 4. The summed E-state index contributed by atoms with van der Waals surface area (Å²) in [4.78, 5) is 46.9. The molecule has 2 fully saturated rings. The van der Waals surface area contributed by atoms with Crippen LogP contribution >= 0.6 is 0 Å². The minimum Gasteiger partial charge on any atom is -0.366 e. The molecule has 4 rings (SSSR count). The van der Waals surface area contributed by atoms with Crippen molar-refractivity contribution in [2.45, 2.75) is 18.9 Å². The molecule has 0 spiro atoms. The lowest BCUT2D eigenvalue weighted by molar-refractivity contribution is -0.126. The Labute approximate surface area is 175 Å². The van der Waals surface area contributed by atoms with Crippen LogP contribution in [0, 0.1) is 0 Å². The van der Waals surface area contributed by atoms with Crippen molar-refractivity contribution < 1.29 is 14.4 Å². The summed E-state index contributed by atoms with van der Waals surface area (Å²) < 4.78 is 0. The number of carbonyl (C=O) groups is 3. The van der Waals surface area contributed by atoms with Crippen LogP contribution in [0.25, 0.3) is 0 Å². The fourth-order valence-corrected chi connectivity index (χ4v) is 4.12. The topological polar surface area (TPSA) is 99.8 Å². The SMILES string of the molecule is NC(=O)c1ccc(C(=O)N2CCN(C3CCCN(c4ccccc4)C3=O)CC2)nc1. The van der Waals surface area contributed by atoms with Gasteiger partial charge in [-0.3, -0.25) is 24.3 Å². The number of nitrogens with two attached hydrogens (primary N) is 1. The van der Waals surface area contributed by atoms with Gasteiger partial charge in [-0.05, 0) is 37.1 Å². The highest BCUT2D eigenvalue weighted by molar-refractivity contribution is 5.98. The zero-order chi connectivity index (χ0) is 21.1. The van der Waals surface area contributed by atoms with Crippen LogP contribution in [0.3, 0.4) is 0 Å². The molecule has 1 atom stereocenters. The smallest absolute Gasteiger partial charge is 0.272 e. The van der Waals surface area contributed by atoms with E-state index >= 15 is 0 Å². The van der Waals surface area contributed by atoms with Gasteiger partial charge < -0.3 is 15.5 Å². The second-order valence-corrected chi connectivity index (χ2v) is 7.61. The van der Waals surface area contributed by atoms with Gasteiger partial charge in [0.05, 0.1) is 11.6 Å². The number of primary amides is 1. The molecule has 156 valence electrons. The summed E-state index contributed by atoms with van der Waals surface area (Å²) in [5.74, 6) is -0.612. The molecule has 0 radical (unpaired) electrons. The minimum absolute atomic E-state index is 0.135. The Balaban J connectivity index is 1.37. The van der Waals surface area contributed by atoms with E-state index in [0.717, 1.165) is 25.1 Å². The largest absolute Gasteiger partial charge is 0.366 e. The molecule has 30 heavy (non-hydrogen) atoms. The molecule has 8 heteroatoms. The summed E-state index contributed by atoms with van der Waals surface area (Å²) in [5.41, 5.74) is 6.72. The van der Waals surface area contributed by atoms with Crippen LogP contribution in [0.1, 0.15) is 33.7 Å². The first kappa shape index (κ1) is 20.0. The molecule has 2 aromatic rings. The van der Waals surface area contributed by atoms with Crippen molar-refractivity contribution in [3.05, 3.63) is 59.9 Å². The first-order valence-corrected chi connectivity index (χ1v) is 10.2. The monoisotopic (exact) mass is 407 g/mol. The average molecular weight is 407 g/mol. The molecule has 2 saturated heterocycles. The molecule has 3 amide bonds. The van der Waals surface area contributed by atoms with Crippen LogP contribution in [0.2, 0.25) is 0 Å². The maximum Gasteiger partial charge on any atom is 0.272 e. The van der Waals surface area contributed by atoms with Crippen molar-refractivity contribution in [3.63, 3.8) is 0 Å². The number of benzene rings is 1. The lowest BCUT2D eigenvalue weighted by atomic mass is 10.0. The molecule has 0 bridgehead atoms. The van der Waals surface area contributed by atoms with Crippen LogP contribution < -0.4 is 10.6 Å². The number of hydrogen-bond donors (Lipinski definition) is 1. The first-order chi connectivity index (χ1) is 14.5. The highest BCUT2D eigenvalue weighted by atomic mass is 16.2. The lowest BCUT2D eigenvalue weighted by Crippen LogP contribution is -2.58. The lowest BCUT2D eigenvalue weighted by Gasteiger charge is -2.42. The zero-order valence-corrected chi connectivity index (χ0v) is 16.7. The van der Waals surface area contributed by atoms with E-state index in [-0.39, 0.29) is 29.1 Å². The van der Waals surface area contributed by atoms with E-state index in [9.17, 15) is 14.4 Å². The molecular formula is C22H25N5O3. The highest BCUT2D eigenvalue weighted by Gasteiger charge is 2.36. The van der Waals surface area contributed by atoms with Crippen LogP contribution in [0.5, 0.6) is 0 Å². The summed E-state index contributed by atoms with van der Waals surface area (Å²) in [6.07, 6.45) is 3.12. The van der Waals surface area contributed by atoms with Gasteiger partial charge in [-0.2, -0.15) is 0 Å². The van der Waals surface area contributed by atoms with E-state index in [1.165, 1.54) is 18.3 Å². The van der Waals surface area contributed by atoms with Gasteiger partial charge in [0.15, 0.2) is 0 Å². The fraction of sp³-hybridized carbons (Fsp3) is 0.364. The average Bonchev–Trinajstić information content (AvgIpc) is 2.79. The number of piperazine rings is 1. The molecule has 1 aromatic heterocycles. The Bertz CT molecular complexity index is 924. The second-order valence-electron chi connectivity index (χ2n) is 7.61. The molecule has 2 aliphatic heterocycles. The minimum atomic E-state index is -0.572. The van der Waals surface area contributed by atoms with Crippen LogP contribution in [-0.4, -0.2) is 71.3 Å². The van der Waals surface area contributed by atoms with E-state index in [1.807, 2.05) is 35.2 Å². The van der Waals surface area contributed by atoms with Crippen molar-refractivity contribution in [3.8, 4) is 0 Å². The number of para-hydroxylation sites is 1. The van der Waals surface area contributed by atoms with Gasteiger partial charge in [0.1, 0.15) is 5.69 Å². The zero-order valence-electron chi connectivity index (χ0n) is 16.7. The predicted molar refractivity (Wildman–Crippen MR) is 112 cm³/mol. The number of nitrogens with zero attached hydrogens (tertiary/aromatic N) is 4. The standard InChI is InChI=1S/C22H25N5O3/c23-20(28)16-8-9-18(24-15-16)21(29)26-13-11-25(12-14-26)19-7-4-10-27(22(19)30)17-5-2-1-3-6-17/h1-3,5-6,8-9,15,19H,4,7,10-14H2,(H2,23,28). The van der Waals surface area contributed by atoms with Crippen LogP contribution in [0.15, 0.2) is 48.7 Å². The van der Waals surface area contributed by atoms with Crippen molar-refractivity contribution in [2.75, 3.05) is 37.6 Å². The van der Waals surface area contributed by atoms with Crippen molar-refractivity contribution in [2.24, 2.45) is 5.73 Å². The number of pyridine rings is 1. The maximum atomic E-state index is 13.1. The Morgan fingerprint density at radius 2 is 1.70 bits per heavy atom. The Hall–Kier alpha value is -3.26. The molecule has 0 aliphatic carbocycles. The Morgan fingerprint density at radius 1 is 0.967 bits per heavy atom. The number of piperidine rings is 1. The van der Waals surface area contributed by atoms with Gasteiger partial charge in [0, 0.05) is 44.6 Å². The van der Waals surface area contributed by atoms with Gasteiger partial charge in [-0.1, -0.05) is 18.2 Å². The van der Waals surface area contributed by atoms with Crippen molar-refractivity contribution in [1.82, 2.24) is 14.8 Å². The number of hydrogen-bond acceptors (Lipinski definition) is 5. The van der Waals surface area contributed by atoms with E-state index < -0.39 is 5.91 Å². The summed E-state index contributed by atoms with van der Waals surface area (Å²) in [5, 5.41) is 0. The van der Waals surface area contributed by atoms with E-state index in [1.54, 1.807) is 4.90 Å². The maximum absolute atomic E-state index is 13.1. The van der Waals surface area contributed by atoms with Gasteiger partial charge in [-0.25, -0.2) is 0 Å². The fourth-order valence-electron chi connectivity index (χ4n) is 4.12. The Kier molecular flexibility index (Phi) is 5.76.